The van der Waals surface area contributed by atoms with Gasteiger partial charge in [-0.2, -0.15) is 0 Å². The number of likely N-dealkylation sites (tertiary alicyclic amines) is 1. The number of carbonyl (C=O) groups is 1. The summed E-state index contributed by atoms with van der Waals surface area (Å²) in [6, 6.07) is 7.53. The molecular formula is C18H23N3O3S. The fraction of sp³-hybridized carbons (Fsp3) is 0.500. The molecule has 0 N–H and O–H groups in total. The number of hydrogen-bond donors (Lipinski definition) is 0. The Balaban J connectivity index is 1.60. The van der Waals surface area contributed by atoms with E-state index >= 15 is 0 Å². The van der Waals surface area contributed by atoms with Crippen LogP contribution in [0.2, 0.25) is 0 Å². The summed E-state index contributed by atoms with van der Waals surface area (Å²) in [7, 11) is -1.23. The van der Waals surface area contributed by atoms with Crippen LogP contribution in [0.1, 0.15) is 27.2 Å². The van der Waals surface area contributed by atoms with Crippen molar-refractivity contribution in [2.75, 3.05) is 18.8 Å². The van der Waals surface area contributed by atoms with Crippen molar-refractivity contribution < 1.29 is 13.7 Å². The van der Waals surface area contributed by atoms with Gasteiger partial charge in [0, 0.05) is 18.8 Å². The first-order valence-electron chi connectivity index (χ1n) is 8.40. The van der Waals surface area contributed by atoms with E-state index in [4.69, 9.17) is 4.74 Å². The highest BCUT2D eigenvalue weighted by atomic mass is 32.2. The Morgan fingerprint density at radius 1 is 1.32 bits per heavy atom. The van der Waals surface area contributed by atoms with Crippen molar-refractivity contribution in [2.45, 2.75) is 37.8 Å². The topological polar surface area (TPSA) is 72.4 Å². The quantitative estimate of drug-likeness (QED) is 0.840. The van der Waals surface area contributed by atoms with E-state index in [2.05, 4.69) is 9.97 Å². The summed E-state index contributed by atoms with van der Waals surface area (Å²) in [5.41, 5.74) is 1.04. The van der Waals surface area contributed by atoms with Crippen LogP contribution in [0, 0.1) is 5.92 Å². The van der Waals surface area contributed by atoms with E-state index in [9.17, 15) is 9.00 Å². The number of para-hydroxylation sites is 2. The van der Waals surface area contributed by atoms with E-state index in [-0.39, 0.29) is 12.0 Å². The van der Waals surface area contributed by atoms with E-state index < -0.39 is 16.4 Å². The summed E-state index contributed by atoms with van der Waals surface area (Å²) in [5, 5.41) is 0.495. The van der Waals surface area contributed by atoms with Gasteiger partial charge in [0.1, 0.15) is 10.6 Å². The van der Waals surface area contributed by atoms with Gasteiger partial charge in [0.2, 0.25) is 0 Å². The molecule has 1 aliphatic heterocycles. The molecule has 6 nitrogen and oxygen atoms in total. The van der Waals surface area contributed by atoms with Crippen LogP contribution in [0.25, 0.3) is 11.0 Å². The Bertz CT molecular complexity index is 803. The second kappa shape index (κ2) is 7.07. The summed E-state index contributed by atoms with van der Waals surface area (Å²) in [6.45, 7) is 6.77. The lowest BCUT2D eigenvalue weighted by Crippen LogP contribution is -2.35. The Morgan fingerprint density at radius 3 is 2.76 bits per heavy atom. The van der Waals surface area contributed by atoms with E-state index in [1.165, 1.54) is 0 Å². The number of rotatable bonds is 3. The van der Waals surface area contributed by atoms with Crippen molar-refractivity contribution >= 4 is 27.9 Å². The molecule has 0 saturated carbocycles. The van der Waals surface area contributed by atoms with Gasteiger partial charge in [-0.25, -0.2) is 9.78 Å². The number of fused-ring (bicyclic) bond motifs is 1. The number of amides is 1. The molecule has 2 aromatic rings. The number of nitrogens with zero attached hydrogens (tertiary/aromatic N) is 3. The van der Waals surface area contributed by atoms with Gasteiger partial charge in [-0.15, -0.1) is 0 Å². The maximum atomic E-state index is 12.6. The SMILES string of the molecule is CC(C)(C)OC(=O)N1CCC(CS(=O)c2cnc3ccccc3n2)C1. The third-order valence-corrected chi connectivity index (χ3v) is 5.42. The van der Waals surface area contributed by atoms with Gasteiger partial charge in [-0.3, -0.25) is 9.19 Å². The van der Waals surface area contributed by atoms with Crippen molar-refractivity contribution in [2.24, 2.45) is 5.92 Å². The lowest BCUT2D eigenvalue weighted by Gasteiger charge is -2.24. The summed E-state index contributed by atoms with van der Waals surface area (Å²) in [4.78, 5) is 22.6. The minimum atomic E-state index is -1.23. The third kappa shape index (κ3) is 4.54. The molecule has 7 heteroatoms. The molecule has 1 aromatic carbocycles. The average Bonchev–Trinajstić information content (AvgIpc) is 3.01. The molecule has 0 spiro atoms. The van der Waals surface area contributed by atoms with E-state index in [1.807, 2.05) is 45.0 Å². The standard InChI is InChI=1S/C18H23N3O3S/c1-18(2,3)24-17(22)21-9-8-13(11-21)12-25(23)16-10-19-14-6-4-5-7-15(14)20-16/h4-7,10,13H,8-9,11-12H2,1-3H3. The molecule has 1 saturated heterocycles. The van der Waals surface area contributed by atoms with E-state index in [0.29, 0.717) is 23.9 Å². The minimum Gasteiger partial charge on any atom is -0.444 e. The van der Waals surface area contributed by atoms with Gasteiger partial charge in [0.05, 0.1) is 28.0 Å². The molecule has 1 aromatic heterocycles. The second-order valence-corrected chi connectivity index (χ2v) is 8.73. The molecule has 0 aliphatic carbocycles. The van der Waals surface area contributed by atoms with Crippen LogP contribution in [0.4, 0.5) is 4.79 Å². The normalized spacial score (nSPS) is 19.2. The highest BCUT2D eigenvalue weighted by Crippen LogP contribution is 2.22. The Hall–Kier alpha value is -2.02. The molecule has 0 bridgehead atoms. The molecule has 3 rings (SSSR count). The molecule has 2 atom stereocenters. The molecule has 2 heterocycles. The largest absolute Gasteiger partial charge is 0.444 e. The molecular weight excluding hydrogens is 338 g/mol. The smallest absolute Gasteiger partial charge is 0.410 e. The van der Waals surface area contributed by atoms with Gasteiger partial charge in [0.25, 0.3) is 0 Å². The lowest BCUT2D eigenvalue weighted by molar-refractivity contribution is 0.0289. The predicted molar refractivity (Wildman–Crippen MR) is 96.7 cm³/mol. The van der Waals surface area contributed by atoms with Crippen molar-refractivity contribution in [3.63, 3.8) is 0 Å². The molecule has 2 unspecified atom stereocenters. The van der Waals surface area contributed by atoms with Crippen LogP contribution in [0.15, 0.2) is 35.5 Å². The Kier molecular flexibility index (Phi) is 5.03. The van der Waals surface area contributed by atoms with Crippen LogP contribution < -0.4 is 0 Å². The fourth-order valence-electron chi connectivity index (χ4n) is 2.81. The van der Waals surface area contributed by atoms with Crippen LogP contribution in [0.5, 0.6) is 0 Å². The van der Waals surface area contributed by atoms with E-state index in [0.717, 1.165) is 17.5 Å². The van der Waals surface area contributed by atoms with E-state index in [1.54, 1.807) is 11.1 Å². The van der Waals surface area contributed by atoms with Crippen molar-refractivity contribution in [3.05, 3.63) is 30.5 Å². The highest BCUT2D eigenvalue weighted by molar-refractivity contribution is 7.84. The summed E-state index contributed by atoms with van der Waals surface area (Å²) in [5.74, 6) is 0.661. The third-order valence-electron chi connectivity index (χ3n) is 3.98. The fourth-order valence-corrected chi connectivity index (χ4v) is 4.05. The minimum absolute atomic E-state index is 0.182. The van der Waals surface area contributed by atoms with Gasteiger partial charge in [-0.05, 0) is 45.2 Å². The zero-order valence-corrected chi connectivity index (χ0v) is 15.6. The van der Waals surface area contributed by atoms with Gasteiger partial charge in [-0.1, -0.05) is 12.1 Å². The number of carbonyl (C=O) groups excluding carboxylic acids is 1. The van der Waals surface area contributed by atoms with Crippen LogP contribution >= 0.6 is 0 Å². The summed E-state index contributed by atoms with van der Waals surface area (Å²) >= 11 is 0. The number of hydrogen-bond acceptors (Lipinski definition) is 5. The summed E-state index contributed by atoms with van der Waals surface area (Å²) in [6.07, 6.45) is 2.11. The second-order valence-electron chi connectivity index (χ2n) is 7.29. The monoisotopic (exact) mass is 361 g/mol. The highest BCUT2D eigenvalue weighted by Gasteiger charge is 2.31. The zero-order chi connectivity index (χ0) is 18.0. The first kappa shape index (κ1) is 17.8. The molecule has 1 amide bonds. The zero-order valence-electron chi connectivity index (χ0n) is 14.8. The Labute approximate surface area is 150 Å². The summed E-state index contributed by atoms with van der Waals surface area (Å²) < 4.78 is 18.0. The molecule has 0 radical (unpaired) electrons. The van der Waals surface area contributed by atoms with Crippen LogP contribution in [0.3, 0.4) is 0 Å². The van der Waals surface area contributed by atoms with Gasteiger partial charge >= 0.3 is 6.09 Å². The number of ether oxygens (including phenoxy) is 1. The van der Waals surface area contributed by atoms with Crippen LogP contribution in [-0.2, 0) is 15.5 Å². The first-order chi connectivity index (χ1) is 11.8. The van der Waals surface area contributed by atoms with Crippen molar-refractivity contribution in [1.29, 1.82) is 0 Å². The maximum absolute atomic E-state index is 12.6. The molecule has 1 aliphatic rings. The predicted octanol–water partition coefficient (Wildman–Crippen LogP) is 2.99. The number of aromatic nitrogens is 2. The van der Waals surface area contributed by atoms with Gasteiger partial charge in [0.15, 0.2) is 0 Å². The maximum Gasteiger partial charge on any atom is 0.410 e. The number of benzene rings is 1. The molecule has 25 heavy (non-hydrogen) atoms. The molecule has 134 valence electrons. The molecule has 1 fully saturated rings. The Morgan fingerprint density at radius 2 is 2.04 bits per heavy atom. The average molecular weight is 361 g/mol. The van der Waals surface area contributed by atoms with Crippen molar-refractivity contribution in [3.8, 4) is 0 Å². The lowest BCUT2D eigenvalue weighted by atomic mass is 10.2. The van der Waals surface area contributed by atoms with Crippen LogP contribution in [-0.4, -0.2) is 49.6 Å². The first-order valence-corrected chi connectivity index (χ1v) is 9.72. The van der Waals surface area contributed by atoms with Crippen molar-refractivity contribution in [1.82, 2.24) is 14.9 Å². The van der Waals surface area contributed by atoms with Gasteiger partial charge < -0.3 is 9.64 Å².